The molecule has 0 aromatic heterocycles. The molecule has 0 radical (unpaired) electrons. The molecule has 7 nitrogen and oxygen atoms in total. The van der Waals surface area contributed by atoms with Crippen LogP contribution in [0.4, 0.5) is 0 Å². The third kappa shape index (κ3) is 3.05. The molecule has 3 N–H and O–H groups in total. The van der Waals surface area contributed by atoms with Crippen LogP contribution in [0.5, 0.6) is 5.75 Å². The summed E-state index contributed by atoms with van der Waals surface area (Å²) in [5.41, 5.74) is 5.18. The number of rotatable bonds is 5. The van der Waals surface area contributed by atoms with Crippen molar-refractivity contribution >= 4 is 17.7 Å². The fourth-order valence-electron chi connectivity index (χ4n) is 1.90. The van der Waals surface area contributed by atoms with Crippen LogP contribution in [0.25, 0.3) is 0 Å². The van der Waals surface area contributed by atoms with E-state index in [-0.39, 0.29) is 18.9 Å². The van der Waals surface area contributed by atoms with Crippen LogP contribution in [0.2, 0.25) is 0 Å². The Bertz CT molecular complexity index is 528. The maximum atomic E-state index is 11.8. The van der Waals surface area contributed by atoms with Gasteiger partial charge in [-0.1, -0.05) is 18.2 Å². The Hall–Kier alpha value is -2.57. The van der Waals surface area contributed by atoms with Gasteiger partial charge in [0, 0.05) is 18.5 Å². The van der Waals surface area contributed by atoms with Crippen LogP contribution in [0.3, 0.4) is 0 Å². The Kier molecular flexibility index (Phi) is 4.19. The topological polar surface area (TPSA) is 96.5 Å². The van der Waals surface area contributed by atoms with Gasteiger partial charge < -0.3 is 10.1 Å². The summed E-state index contributed by atoms with van der Waals surface area (Å²) < 4.78 is 5.17. The monoisotopic (exact) mass is 277 g/mol. The van der Waals surface area contributed by atoms with Crippen molar-refractivity contribution in [1.82, 2.24) is 16.2 Å². The zero-order valence-corrected chi connectivity index (χ0v) is 10.9. The van der Waals surface area contributed by atoms with E-state index in [4.69, 9.17) is 4.74 Å². The van der Waals surface area contributed by atoms with Crippen molar-refractivity contribution in [2.75, 3.05) is 7.11 Å². The van der Waals surface area contributed by atoms with E-state index in [9.17, 15) is 14.4 Å². The van der Waals surface area contributed by atoms with Crippen molar-refractivity contribution in [3.05, 3.63) is 29.8 Å². The molecule has 1 saturated heterocycles. The van der Waals surface area contributed by atoms with E-state index >= 15 is 0 Å². The van der Waals surface area contributed by atoms with Crippen molar-refractivity contribution in [1.29, 1.82) is 0 Å². The molecular formula is C13H15N3O4. The molecule has 7 heteroatoms. The Morgan fingerprint density at radius 3 is 2.55 bits per heavy atom. The number of hydrazine groups is 1. The summed E-state index contributed by atoms with van der Waals surface area (Å²) >= 11 is 0. The largest absolute Gasteiger partial charge is 0.496 e. The maximum absolute atomic E-state index is 11.8. The second-order valence-corrected chi connectivity index (χ2v) is 4.32. The molecule has 106 valence electrons. The summed E-state index contributed by atoms with van der Waals surface area (Å²) in [5.74, 6) is -1.63. The normalized spacial score (nSPS) is 14.7. The first-order valence-corrected chi connectivity index (χ1v) is 6.10. The number of methoxy groups -OCH3 is 1. The Morgan fingerprint density at radius 1 is 1.25 bits per heavy atom. The summed E-state index contributed by atoms with van der Waals surface area (Å²) in [5, 5.41) is 2.66. The van der Waals surface area contributed by atoms with Gasteiger partial charge in [-0.05, 0) is 6.07 Å². The van der Waals surface area contributed by atoms with Crippen LogP contribution in [0, 0.1) is 5.92 Å². The highest BCUT2D eigenvalue weighted by Gasteiger charge is 2.34. The Morgan fingerprint density at radius 2 is 1.90 bits per heavy atom. The minimum Gasteiger partial charge on any atom is -0.496 e. The molecule has 1 aromatic carbocycles. The highest BCUT2D eigenvalue weighted by Crippen LogP contribution is 2.17. The fourth-order valence-corrected chi connectivity index (χ4v) is 1.90. The van der Waals surface area contributed by atoms with Gasteiger partial charge in [-0.3, -0.25) is 25.2 Å². The first-order chi connectivity index (χ1) is 9.61. The molecule has 1 heterocycles. The van der Waals surface area contributed by atoms with Gasteiger partial charge in [0.2, 0.25) is 5.91 Å². The average molecular weight is 277 g/mol. The quantitative estimate of drug-likeness (QED) is 0.631. The lowest BCUT2D eigenvalue weighted by atomic mass is 10.1. The average Bonchev–Trinajstić information content (AvgIpc) is 2.77. The second kappa shape index (κ2) is 6.05. The molecule has 20 heavy (non-hydrogen) atoms. The number of hydrogen-bond acceptors (Lipinski definition) is 4. The van der Waals surface area contributed by atoms with Crippen LogP contribution in [-0.2, 0) is 20.9 Å². The van der Waals surface area contributed by atoms with Gasteiger partial charge in [0.1, 0.15) is 11.7 Å². The van der Waals surface area contributed by atoms with Crippen molar-refractivity contribution in [2.45, 2.75) is 13.0 Å². The van der Waals surface area contributed by atoms with Crippen LogP contribution < -0.4 is 20.9 Å². The first kappa shape index (κ1) is 13.9. The second-order valence-electron chi connectivity index (χ2n) is 4.32. The lowest BCUT2D eigenvalue weighted by molar-refractivity contribution is -0.133. The van der Waals surface area contributed by atoms with E-state index in [2.05, 4.69) is 16.2 Å². The minimum atomic E-state index is -0.965. The molecule has 0 saturated carbocycles. The molecule has 1 fully saturated rings. The summed E-state index contributed by atoms with van der Waals surface area (Å²) in [6.45, 7) is 0.277. The standard InChI is InChI=1S/C13H15N3O4/c1-20-10-5-3-2-4-8(10)7-14-11(17)6-9-12(18)15-16-13(9)19/h2-5,9H,6-7H2,1H3,(H,14,17)(H,15,18)(H,16,19). The van der Waals surface area contributed by atoms with E-state index in [1.165, 1.54) is 0 Å². The Labute approximate surface area is 115 Å². The smallest absolute Gasteiger partial charge is 0.251 e. The van der Waals surface area contributed by atoms with Crippen LogP contribution in [-0.4, -0.2) is 24.8 Å². The van der Waals surface area contributed by atoms with Crippen molar-refractivity contribution in [2.24, 2.45) is 5.92 Å². The van der Waals surface area contributed by atoms with Gasteiger partial charge in [0.15, 0.2) is 0 Å². The number of ether oxygens (including phenoxy) is 1. The SMILES string of the molecule is COc1ccccc1CNC(=O)CC1C(=O)NNC1=O. The lowest BCUT2D eigenvalue weighted by Gasteiger charge is -2.10. The highest BCUT2D eigenvalue weighted by atomic mass is 16.5. The van der Waals surface area contributed by atoms with Gasteiger partial charge in [-0.25, -0.2) is 0 Å². The molecule has 0 bridgehead atoms. The number of carbonyl (C=O) groups excluding carboxylic acids is 3. The first-order valence-electron chi connectivity index (χ1n) is 6.10. The summed E-state index contributed by atoms with van der Waals surface area (Å²) in [4.78, 5) is 34.4. The molecule has 0 spiro atoms. The molecule has 2 rings (SSSR count). The molecule has 1 aromatic rings. The maximum Gasteiger partial charge on any atom is 0.251 e. The van der Waals surface area contributed by atoms with E-state index in [0.717, 1.165) is 5.56 Å². The van der Waals surface area contributed by atoms with Gasteiger partial charge in [0.05, 0.1) is 7.11 Å². The van der Waals surface area contributed by atoms with E-state index in [0.29, 0.717) is 5.75 Å². The van der Waals surface area contributed by atoms with Gasteiger partial charge in [-0.2, -0.15) is 0 Å². The Balaban J connectivity index is 1.89. The van der Waals surface area contributed by atoms with E-state index in [1.807, 2.05) is 18.2 Å². The lowest BCUT2D eigenvalue weighted by Crippen LogP contribution is -2.30. The predicted octanol–water partition coefficient (Wildman–Crippen LogP) is -0.521. The number of benzene rings is 1. The molecule has 0 unspecified atom stereocenters. The molecule has 1 aliphatic heterocycles. The van der Waals surface area contributed by atoms with E-state index < -0.39 is 17.7 Å². The fraction of sp³-hybridized carbons (Fsp3) is 0.308. The third-order valence-corrected chi connectivity index (χ3v) is 3.00. The summed E-state index contributed by atoms with van der Waals surface area (Å²) in [7, 11) is 1.55. The van der Waals surface area contributed by atoms with Gasteiger partial charge in [0.25, 0.3) is 11.8 Å². The summed E-state index contributed by atoms with van der Waals surface area (Å²) in [6.07, 6.45) is -0.174. The zero-order valence-electron chi connectivity index (χ0n) is 10.9. The molecular weight excluding hydrogens is 262 g/mol. The number of nitrogens with one attached hydrogen (secondary N) is 3. The zero-order chi connectivity index (χ0) is 14.5. The van der Waals surface area contributed by atoms with Crippen molar-refractivity contribution < 1.29 is 19.1 Å². The predicted molar refractivity (Wildman–Crippen MR) is 69.2 cm³/mol. The number of carbonyl (C=O) groups is 3. The molecule has 3 amide bonds. The molecule has 0 aliphatic carbocycles. The van der Waals surface area contributed by atoms with Crippen molar-refractivity contribution in [3.8, 4) is 5.75 Å². The van der Waals surface area contributed by atoms with Gasteiger partial charge in [-0.15, -0.1) is 0 Å². The van der Waals surface area contributed by atoms with Crippen LogP contribution in [0.15, 0.2) is 24.3 Å². The summed E-state index contributed by atoms with van der Waals surface area (Å²) in [6, 6.07) is 7.28. The van der Waals surface area contributed by atoms with Crippen LogP contribution in [0.1, 0.15) is 12.0 Å². The van der Waals surface area contributed by atoms with Crippen LogP contribution >= 0.6 is 0 Å². The number of para-hydroxylation sites is 1. The highest BCUT2D eigenvalue weighted by molar-refractivity contribution is 6.07. The van der Waals surface area contributed by atoms with Crippen molar-refractivity contribution in [3.63, 3.8) is 0 Å². The van der Waals surface area contributed by atoms with E-state index in [1.54, 1.807) is 13.2 Å². The molecule has 1 aliphatic rings. The minimum absolute atomic E-state index is 0.174. The number of hydrogen-bond donors (Lipinski definition) is 3. The number of amides is 3. The van der Waals surface area contributed by atoms with Gasteiger partial charge >= 0.3 is 0 Å². The third-order valence-electron chi connectivity index (χ3n) is 3.00. The molecule has 0 atom stereocenters.